The van der Waals surface area contributed by atoms with Crippen LogP contribution in [0.5, 0.6) is 5.75 Å². The van der Waals surface area contributed by atoms with Crippen LogP contribution < -0.4 is 10.5 Å². The summed E-state index contributed by atoms with van der Waals surface area (Å²) in [4.78, 5) is 4.80. The Kier molecular flexibility index (Phi) is 3.81. The van der Waals surface area contributed by atoms with E-state index < -0.39 is 0 Å². The van der Waals surface area contributed by atoms with Crippen LogP contribution in [-0.4, -0.2) is 16.7 Å². The van der Waals surface area contributed by atoms with E-state index in [1.165, 1.54) is 25.7 Å². The van der Waals surface area contributed by atoms with Crippen LogP contribution in [0.2, 0.25) is 5.02 Å². The average Bonchev–Trinajstić information content (AvgIpc) is 3.09. The Morgan fingerprint density at radius 3 is 2.67 bits per heavy atom. The molecule has 112 valence electrons. The smallest absolute Gasteiger partial charge is 0.137 e. The van der Waals surface area contributed by atoms with Gasteiger partial charge in [-0.15, -0.1) is 0 Å². The van der Waals surface area contributed by atoms with Crippen molar-refractivity contribution in [1.29, 1.82) is 0 Å². The van der Waals surface area contributed by atoms with Crippen LogP contribution >= 0.6 is 11.6 Å². The molecule has 2 aromatic rings. The molecule has 1 heterocycles. The number of methoxy groups -OCH3 is 1. The normalized spacial score (nSPS) is 15.6. The van der Waals surface area contributed by atoms with Gasteiger partial charge in [0.15, 0.2) is 0 Å². The van der Waals surface area contributed by atoms with Crippen molar-refractivity contribution in [3.05, 3.63) is 29.0 Å². The molecule has 0 radical (unpaired) electrons. The number of nitrogens with two attached hydrogens (primary N) is 1. The van der Waals surface area contributed by atoms with E-state index in [-0.39, 0.29) is 0 Å². The zero-order valence-electron chi connectivity index (χ0n) is 12.4. The third-order valence-corrected chi connectivity index (χ3v) is 4.61. The zero-order chi connectivity index (χ0) is 15.0. The lowest BCUT2D eigenvalue weighted by Gasteiger charge is -2.08. The van der Waals surface area contributed by atoms with Gasteiger partial charge in [-0.05, 0) is 31.0 Å². The van der Waals surface area contributed by atoms with Crippen LogP contribution in [0.25, 0.3) is 11.3 Å². The van der Waals surface area contributed by atoms with Gasteiger partial charge < -0.3 is 15.0 Å². The largest absolute Gasteiger partial charge is 0.495 e. The SMILES string of the molecule is COc1ccc(-c2nc(C3CCCC3)n(C)c2N)cc1Cl. The molecule has 3 rings (SSSR count). The van der Waals surface area contributed by atoms with Gasteiger partial charge in [0, 0.05) is 18.5 Å². The predicted molar refractivity (Wildman–Crippen MR) is 85.8 cm³/mol. The molecule has 0 aliphatic heterocycles. The van der Waals surface area contributed by atoms with Crippen molar-refractivity contribution in [2.45, 2.75) is 31.6 Å². The van der Waals surface area contributed by atoms with Crippen LogP contribution in [-0.2, 0) is 7.05 Å². The van der Waals surface area contributed by atoms with Crippen molar-refractivity contribution >= 4 is 17.4 Å². The highest BCUT2D eigenvalue weighted by molar-refractivity contribution is 6.32. The van der Waals surface area contributed by atoms with E-state index in [1.54, 1.807) is 7.11 Å². The summed E-state index contributed by atoms with van der Waals surface area (Å²) < 4.78 is 7.20. The van der Waals surface area contributed by atoms with E-state index in [2.05, 4.69) is 0 Å². The van der Waals surface area contributed by atoms with Crippen molar-refractivity contribution in [3.63, 3.8) is 0 Å². The standard InChI is InChI=1S/C16H20ClN3O/c1-20-15(18)14(19-16(20)10-5-3-4-6-10)11-7-8-13(21-2)12(17)9-11/h7-10H,3-6,18H2,1-2H3. The molecule has 21 heavy (non-hydrogen) atoms. The monoisotopic (exact) mass is 305 g/mol. The van der Waals surface area contributed by atoms with Crippen molar-refractivity contribution in [2.24, 2.45) is 7.05 Å². The van der Waals surface area contributed by atoms with E-state index >= 15 is 0 Å². The molecule has 0 amide bonds. The molecule has 0 bridgehead atoms. The number of nitrogens with zero attached hydrogens (tertiary/aromatic N) is 2. The van der Waals surface area contributed by atoms with Crippen molar-refractivity contribution in [1.82, 2.24) is 9.55 Å². The minimum atomic E-state index is 0.528. The molecule has 5 heteroatoms. The second kappa shape index (κ2) is 5.60. The van der Waals surface area contributed by atoms with Crippen LogP contribution in [0.4, 0.5) is 5.82 Å². The molecule has 4 nitrogen and oxygen atoms in total. The first-order valence-electron chi connectivity index (χ1n) is 7.27. The van der Waals surface area contributed by atoms with Crippen molar-refractivity contribution in [2.75, 3.05) is 12.8 Å². The van der Waals surface area contributed by atoms with Crippen LogP contribution in [0.3, 0.4) is 0 Å². The number of benzene rings is 1. The summed E-state index contributed by atoms with van der Waals surface area (Å²) in [6, 6.07) is 5.65. The minimum absolute atomic E-state index is 0.528. The Morgan fingerprint density at radius 2 is 2.05 bits per heavy atom. The molecule has 2 N–H and O–H groups in total. The van der Waals surface area contributed by atoms with Crippen LogP contribution in [0.1, 0.15) is 37.4 Å². The van der Waals surface area contributed by atoms with E-state index in [0.717, 1.165) is 17.1 Å². The molecule has 0 atom stereocenters. The van der Waals surface area contributed by atoms with Crippen molar-refractivity contribution in [3.8, 4) is 17.0 Å². The number of anilines is 1. The fourth-order valence-electron chi connectivity index (χ4n) is 3.10. The lowest BCUT2D eigenvalue weighted by molar-refractivity contribution is 0.415. The fraction of sp³-hybridized carbons (Fsp3) is 0.438. The zero-order valence-corrected chi connectivity index (χ0v) is 13.2. The summed E-state index contributed by atoms with van der Waals surface area (Å²) in [5.41, 5.74) is 7.99. The number of imidazole rings is 1. The van der Waals surface area contributed by atoms with Gasteiger partial charge in [-0.2, -0.15) is 0 Å². The first-order chi connectivity index (χ1) is 10.1. The molecule has 0 unspecified atom stereocenters. The van der Waals surface area contributed by atoms with Gasteiger partial charge in [-0.1, -0.05) is 24.4 Å². The number of hydrogen-bond acceptors (Lipinski definition) is 3. The van der Waals surface area contributed by atoms with Gasteiger partial charge >= 0.3 is 0 Å². The summed E-state index contributed by atoms with van der Waals surface area (Å²) in [5, 5.41) is 0.572. The molecule has 0 spiro atoms. The van der Waals surface area contributed by atoms with Gasteiger partial charge in [0.25, 0.3) is 0 Å². The topological polar surface area (TPSA) is 53.1 Å². The molecule has 1 aliphatic rings. The first kappa shape index (κ1) is 14.3. The molecular weight excluding hydrogens is 286 g/mol. The number of ether oxygens (including phenoxy) is 1. The molecule has 1 aliphatic carbocycles. The van der Waals surface area contributed by atoms with Gasteiger partial charge in [0.2, 0.25) is 0 Å². The Bertz CT molecular complexity index is 660. The second-order valence-corrected chi connectivity index (χ2v) is 6.00. The van der Waals surface area contributed by atoms with Crippen molar-refractivity contribution < 1.29 is 4.74 Å². The maximum absolute atomic E-state index is 6.25. The van der Waals surface area contributed by atoms with Crippen LogP contribution in [0.15, 0.2) is 18.2 Å². The van der Waals surface area contributed by atoms with Gasteiger partial charge in [-0.3, -0.25) is 0 Å². The number of rotatable bonds is 3. The highest BCUT2D eigenvalue weighted by Gasteiger charge is 2.24. The highest BCUT2D eigenvalue weighted by Crippen LogP contribution is 2.38. The Balaban J connectivity index is 2.02. The summed E-state index contributed by atoms with van der Waals surface area (Å²) in [7, 11) is 3.60. The Morgan fingerprint density at radius 1 is 1.33 bits per heavy atom. The molecule has 0 saturated heterocycles. The number of hydrogen-bond donors (Lipinski definition) is 1. The maximum atomic E-state index is 6.25. The third kappa shape index (κ3) is 2.48. The molecule has 1 saturated carbocycles. The predicted octanol–water partition coefficient (Wildman–Crippen LogP) is 3.99. The first-order valence-corrected chi connectivity index (χ1v) is 7.65. The molecular formula is C16H20ClN3O. The summed E-state index contributed by atoms with van der Waals surface area (Å²) >= 11 is 6.21. The van der Waals surface area contributed by atoms with Gasteiger partial charge in [-0.25, -0.2) is 4.98 Å². The van der Waals surface area contributed by atoms with Gasteiger partial charge in [0.05, 0.1) is 12.1 Å². The summed E-state index contributed by atoms with van der Waals surface area (Å²) in [5.74, 6) is 2.97. The second-order valence-electron chi connectivity index (χ2n) is 5.59. The quantitative estimate of drug-likeness (QED) is 0.933. The lowest BCUT2D eigenvalue weighted by atomic mass is 10.1. The fourth-order valence-corrected chi connectivity index (χ4v) is 3.36. The van der Waals surface area contributed by atoms with Crippen LogP contribution in [0, 0.1) is 0 Å². The molecule has 1 aromatic carbocycles. The number of halogens is 1. The molecule has 1 fully saturated rings. The highest BCUT2D eigenvalue weighted by atomic mass is 35.5. The number of aromatic nitrogens is 2. The summed E-state index contributed by atoms with van der Waals surface area (Å²) in [6.07, 6.45) is 4.96. The maximum Gasteiger partial charge on any atom is 0.137 e. The van der Waals surface area contributed by atoms with E-state index in [4.69, 9.17) is 27.1 Å². The average molecular weight is 306 g/mol. The minimum Gasteiger partial charge on any atom is -0.495 e. The van der Waals surface area contributed by atoms with E-state index in [9.17, 15) is 0 Å². The van der Waals surface area contributed by atoms with E-state index in [0.29, 0.717) is 22.5 Å². The molecule has 1 aromatic heterocycles. The summed E-state index contributed by atoms with van der Waals surface area (Å²) in [6.45, 7) is 0. The Hall–Kier alpha value is -1.68. The lowest BCUT2D eigenvalue weighted by Crippen LogP contribution is -2.05. The third-order valence-electron chi connectivity index (χ3n) is 4.32. The number of nitrogen functional groups attached to an aromatic ring is 1. The van der Waals surface area contributed by atoms with Gasteiger partial charge in [0.1, 0.15) is 23.1 Å². The Labute approximate surface area is 129 Å². The van der Waals surface area contributed by atoms with E-state index in [1.807, 2.05) is 29.8 Å².